The molecule has 0 saturated heterocycles. The van der Waals surface area contributed by atoms with Crippen LogP contribution in [-0.2, 0) is 0 Å². The first-order chi connectivity index (χ1) is 5.70. The second kappa shape index (κ2) is 4.72. The van der Waals surface area contributed by atoms with Crippen molar-refractivity contribution in [1.29, 1.82) is 0 Å². The number of hydrogen-bond donors (Lipinski definition) is 2. The lowest BCUT2D eigenvalue weighted by Crippen LogP contribution is -2.43. The molecule has 0 heterocycles. The molecular weight excluding hydrogens is 164 g/mol. The van der Waals surface area contributed by atoms with Crippen LogP contribution in [0.1, 0.15) is 25.7 Å². The van der Waals surface area contributed by atoms with Crippen LogP contribution < -0.4 is 5.32 Å². The molecule has 0 aliphatic heterocycles. The molecule has 1 rings (SSSR count). The third kappa shape index (κ3) is 3.03. The SMILES string of the molecule is O[C@@H]1CCCC[C@H]1NCC(F)F. The predicted molar refractivity (Wildman–Crippen MR) is 42.3 cm³/mol. The molecule has 2 atom stereocenters. The number of nitrogens with one attached hydrogen (secondary N) is 1. The molecule has 0 aromatic heterocycles. The van der Waals surface area contributed by atoms with Gasteiger partial charge in [0.15, 0.2) is 0 Å². The Balaban J connectivity index is 2.20. The number of halogens is 2. The summed E-state index contributed by atoms with van der Waals surface area (Å²) in [7, 11) is 0. The second-order valence-electron chi connectivity index (χ2n) is 3.26. The summed E-state index contributed by atoms with van der Waals surface area (Å²) < 4.78 is 23.5. The number of rotatable bonds is 3. The average Bonchev–Trinajstić information content (AvgIpc) is 2.03. The van der Waals surface area contributed by atoms with Gasteiger partial charge in [-0.1, -0.05) is 12.8 Å². The molecule has 1 saturated carbocycles. The Labute approximate surface area is 71.0 Å². The number of hydrogen-bond acceptors (Lipinski definition) is 2. The fourth-order valence-corrected chi connectivity index (χ4v) is 1.59. The highest BCUT2D eigenvalue weighted by molar-refractivity contribution is 4.80. The largest absolute Gasteiger partial charge is 0.392 e. The quantitative estimate of drug-likeness (QED) is 0.681. The van der Waals surface area contributed by atoms with E-state index < -0.39 is 12.5 Å². The molecule has 0 radical (unpaired) electrons. The van der Waals surface area contributed by atoms with E-state index in [-0.39, 0.29) is 12.6 Å². The summed E-state index contributed by atoms with van der Waals surface area (Å²) >= 11 is 0. The number of aliphatic hydroxyl groups excluding tert-OH is 1. The zero-order valence-corrected chi connectivity index (χ0v) is 6.97. The molecule has 1 aliphatic rings. The van der Waals surface area contributed by atoms with Crippen molar-refractivity contribution in [3.05, 3.63) is 0 Å². The van der Waals surface area contributed by atoms with Crippen LogP contribution >= 0.6 is 0 Å². The van der Waals surface area contributed by atoms with Gasteiger partial charge in [0.2, 0.25) is 0 Å². The Bertz CT molecular complexity index is 132. The van der Waals surface area contributed by atoms with Crippen LogP contribution in [0.15, 0.2) is 0 Å². The van der Waals surface area contributed by atoms with Gasteiger partial charge >= 0.3 is 0 Å². The van der Waals surface area contributed by atoms with Gasteiger partial charge in [-0.2, -0.15) is 0 Å². The Morgan fingerprint density at radius 1 is 1.33 bits per heavy atom. The van der Waals surface area contributed by atoms with Gasteiger partial charge in [0.25, 0.3) is 6.43 Å². The van der Waals surface area contributed by atoms with Crippen molar-refractivity contribution in [2.24, 2.45) is 0 Å². The van der Waals surface area contributed by atoms with Gasteiger partial charge in [-0.05, 0) is 12.8 Å². The molecule has 0 bridgehead atoms. The molecule has 0 amide bonds. The van der Waals surface area contributed by atoms with Gasteiger partial charge in [-0.15, -0.1) is 0 Å². The van der Waals surface area contributed by atoms with Gasteiger partial charge in [-0.3, -0.25) is 0 Å². The van der Waals surface area contributed by atoms with E-state index in [1.54, 1.807) is 0 Å². The Morgan fingerprint density at radius 3 is 2.58 bits per heavy atom. The van der Waals surface area contributed by atoms with Gasteiger partial charge in [0.05, 0.1) is 12.6 Å². The summed E-state index contributed by atoms with van der Waals surface area (Å²) in [6.45, 7) is -0.304. The van der Waals surface area contributed by atoms with Crippen LogP contribution in [0.4, 0.5) is 8.78 Å². The van der Waals surface area contributed by atoms with Crippen molar-refractivity contribution in [3.63, 3.8) is 0 Å². The molecule has 0 aromatic rings. The van der Waals surface area contributed by atoms with Gasteiger partial charge in [0, 0.05) is 6.04 Å². The monoisotopic (exact) mass is 179 g/mol. The van der Waals surface area contributed by atoms with E-state index in [9.17, 15) is 13.9 Å². The lowest BCUT2D eigenvalue weighted by atomic mass is 9.93. The first kappa shape index (κ1) is 9.86. The van der Waals surface area contributed by atoms with Crippen molar-refractivity contribution in [2.45, 2.75) is 44.3 Å². The summed E-state index contributed by atoms with van der Waals surface area (Å²) in [4.78, 5) is 0. The fourth-order valence-electron chi connectivity index (χ4n) is 1.59. The lowest BCUT2D eigenvalue weighted by Gasteiger charge is -2.28. The van der Waals surface area contributed by atoms with Crippen molar-refractivity contribution < 1.29 is 13.9 Å². The van der Waals surface area contributed by atoms with Crippen molar-refractivity contribution in [1.82, 2.24) is 5.32 Å². The molecule has 0 spiro atoms. The van der Waals surface area contributed by atoms with Crippen LogP contribution in [0.3, 0.4) is 0 Å². The third-order valence-electron chi connectivity index (χ3n) is 2.26. The van der Waals surface area contributed by atoms with Crippen LogP contribution in [0.5, 0.6) is 0 Å². The standard InChI is InChI=1S/C8H15F2NO/c9-8(10)5-11-6-3-1-2-4-7(6)12/h6-8,11-12H,1-5H2/t6-,7-/m1/s1. The van der Waals surface area contributed by atoms with Gasteiger partial charge in [-0.25, -0.2) is 8.78 Å². The van der Waals surface area contributed by atoms with Crippen LogP contribution in [0.25, 0.3) is 0 Å². The van der Waals surface area contributed by atoms with Gasteiger partial charge in [0.1, 0.15) is 0 Å². The average molecular weight is 179 g/mol. The highest BCUT2D eigenvalue weighted by Gasteiger charge is 2.22. The first-order valence-corrected chi connectivity index (χ1v) is 4.39. The molecule has 0 aromatic carbocycles. The Kier molecular flexibility index (Phi) is 3.88. The zero-order chi connectivity index (χ0) is 8.97. The van der Waals surface area contributed by atoms with E-state index in [1.807, 2.05) is 0 Å². The molecule has 2 N–H and O–H groups in total. The normalized spacial score (nSPS) is 31.0. The predicted octanol–water partition coefficient (Wildman–Crippen LogP) is 1.14. The minimum absolute atomic E-state index is 0.118. The summed E-state index contributed by atoms with van der Waals surface area (Å²) in [5.74, 6) is 0. The highest BCUT2D eigenvalue weighted by atomic mass is 19.3. The summed E-state index contributed by atoms with van der Waals surface area (Å²) in [5.41, 5.74) is 0. The summed E-state index contributed by atoms with van der Waals surface area (Å²) in [6.07, 6.45) is 0.831. The minimum Gasteiger partial charge on any atom is -0.392 e. The Morgan fingerprint density at radius 2 is 2.00 bits per heavy atom. The highest BCUT2D eigenvalue weighted by Crippen LogP contribution is 2.18. The second-order valence-corrected chi connectivity index (χ2v) is 3.26. The van der Waals surface area contributed by atoms with Crippen LogP contribution in [0, 0.1) is 0 Å². The lowest BCUT2D eigenvalue weighted by molar-refractivity contribution is 0.0741. The maximum Gasteiger partial charge on any atom is 0.250 e. The molecular formula is C8H15F2NO. The van der Waals surface area contributed by atoms with E-state index >= 15 is 0 Å². The van der Waals surface area contributed by atoms with E-state index in [1.165, 1.54) is 0 Å². The molecule has 1 aliphatic carbocycles. The molecule has 12 heavy (non-hydrogen) atoms. The molecule has 2 nitrogen and oxygen atoms in total. The number of alkyl halides is 2. The van der Waals surface area contributed by atoms with Crippen molar-refractivity contribution in [2.75, 3.05) is 6.54 Å². The van der Waals surface area contributed by atoms with E-state index in [4.69, 9.17) is 0 Å². The molecule has 4 heteroatoms. The zero-order valence-electron chi connectivity index (χ0n) is 6.97. The summed E-state index contributed by atoms with van der Waals surface area (Å²) in [5, 5.41) is 12.0. The van der Waals surface area contributed by atoms with Crippen molar-refractivity contribution >= 4 is 0 Å². The van der Waals surface area contributed by atoms with Gasteiger partial charge < -0.3 is 10.4 Å². The molecule has 1 fully saturated rings. The number of aliphatic hydroxyl groups is 1. The van der Waals surface area contributed by atoms with E-state index in [2.05, 4.69) is 5.32 Å². The molecule has 0 unspecified atom stereocenters. The van der Waals surface area contributed by atoms with E-state index in [0.717, 1.165) is 25.7 Å². The first-order valence-electron chi connectivity index (χ1n) is 4.39. The van der Waals surface area contributed by atoms with Crippen LogP contribution in [-0.4, -0.2) is 30.2 Å². The maximum atomic E-state index is 11.8. The topological polar surface area (TPSA) is 32.3 Å². The Hall–Kier alpha value is -0.220. The molecule has 72 valence electrons. The minimum atomic E-state index is -2.32. The van der Waals surface area contributed by atoms with Crippen LogP contribution in [0.2, 0.25) is 0 Å². The summed E-state index contributed by atoms with van der Waals surface area (Å²) in [6, 6.07) is -0.118. The fraction of sp³-hybridized carbons (Fsp3) is 1.00. The smallest absolute Gasteiger partial charge is 0.250 e. The maximum absolute atomic E-state index is 11.8. The van der Waals surface area contributed by atoms with Crippen molar-refractivity contribution in [3.8, 4) is 0 Å². The van der Waals surface area contributed by atoms with E-state index in [0.29, 0.717) is 0 Å². The third-order valence-corrected chi connectivity index (χ3v) is 2.26.